The number of anilines is 1. The van der Waals surface area contributed by atoms with Crippen molar-refractivity contribution >= 4 is 17.6 Å². The first-order valence-corrected chi connectivity index (χ1v) is 7.96. The van der Waals surface area contributed by atoms with Gasteiger partial charge in [0.1, 0.15) is 6.61 Å². The fourth-order valence-corrected chi connectivity index (χ4v) is 2.56. The van der Waals surface area contributed by atoms with Gasteiger partial charge in [-0.15, -0.1) is 0 Å². The van der Waals surface area contributed by atoms with Gasteiger partial charge in [0, 0.05) is 12.6 Å². The third-order valence-electron chi connectivity index (χ3n) is 3.65. The maximum atomic E-state index is 12.4. The van der Waals surface area contributed by atoms with Crippen LogP contribution in [0.15, 0.2) is 12.1 Å². The minimum Gasteiger partial charge on any atom is -0.461 e. The molecule has 0 radical (unpaired) electrons. The van der Waals surface area contributed by atoms with Crippen LogP contribution >= 0.6 is 0 Å². The summed E-state index contributed by atoms with van der Waals surface area (Å²) >= 11 is 0. The van der Waals surface area contributed by atoms with E-state index >= 15 is 0 Å². The van der Waals surface area contributed by atoms with E-state index in [1.807, 2.05) is 26.0 Å². The summed E-state index contributed by atoms with van der Waals surface area (Å²) in [7, 11) is 1.80. The molecule has 1 rings (SSSR count). The quantitative estimate of drug-likeness (QED) is 0.758. The van der Waals surface area contributed by atoms with Crippen LogP contribution in [0.1, 0.15) is 43.9 Å². The zero-order chi connectivity index (χ0) is 17.6. The topological polar surface area (TPSA) is 67.4 Å². The van der Waals surface area contributed by atoms with E-state index in [-0.39, 0.29) is 24.5 Å². The van der Waals surface area contributed by atoms with E-state index in [9.17, 15) is 9.59 Å². The average molecular weight is 320 g/mol. The predicted molar refractivity (Wildman–Crippen MR) is 92.3 cm³/mol. The van der Waals surface area contributed by atoms with E-state index in [1.54, 1.807) is 7.05 Å². The lowest BCUT2D eigenvalue weighted by atomic mass is 10.0. The van der Waals surface area contributed by atoms with Crippen LogP contribution in [-0.4, -0.2) is 25.0 Å². The third kappa shape index (κ3) is 6.02. The van der Waals surface area contributed by atoms with E-state index in [4.69, 9.17) is 4.74 Å². The first-order chi connectivity index (χ1) is 10.7. The molecule has 0 saturated carbocycles. The Kier molecular flexibility index (Phi) is 7.23. The molecule has 23 heavy (non-hydrogen) atoms. The first kappa shape index (κ1) is 19.2. The molecule has 1 amide bonds. The van der Waals surface area contributed by atoms with Crippen LogP contribution in [0.5, 0.6) is 0 Å². The molecule has 1 aromatic carbocycles. The molecule has 1 aromatic rings. The summed E-state index contributed by atoms with van der Waals surface area (Å²) in [5.41, 5.74) is 3.66. The van der Waals surface area contributed by atoms with Gasteiger partial charge in [0.2, 0.25) is 5.91 Å². The summed E-state index contributed by atoms with van der Waals surface area (Å²) in [5, 5.41) is 6.08. The second-order valence-corrected chi connectivity index (χ2v) is 6.34. The summed E-state index contributed by atoms with van der Waals surface area (Å²) in [6.45, 7) is 9.71. The number of ether oxygens (including phenoxy) is 1. The van der Waals surface area contributed by atoms with E-state index < -0.39 is 0 Å². The number of aryl methyl sites for hydroxylation is 2. The molecule has 0 bridgehead atoms. The SMILES string of the molecule is CNC(CC(C)C)C(=O)Nc1c(C)cc(COC(C)=O)cc1C. The van der Waals surface area contributed by atoms with Gasteiger partial charge in [0.25, 0.3) is 0 Å². The molecule has 5 nitrogen and oxygen atoms in total. The Morgan fingerprint density at radius 1 is 1.17 bits per heavy atom. The molecule has 1 atom stereocenters. The normalized spacial score (nSPS) is 12.1. The van der Waals surface area contributed by atoms with Crippen LogP contribution in [-0.2, 0) is 20.9 Å². The van der Waals surface area contributed by atoms with Crippen LogP contribution in [0.4, 0.5) is 5.69 Å². The van der Waals surface area contributed by atoms with Gasteiger partial charge in [0.05, 0.1) is 6.04 Å². The van der Waals surface area contributed by atoms with Crippen molar-refractivity contribution in [3.63, 3.8) is 0 Å². The molecule has 0 aliphatic rings. The van der Waals surface area contributed by atoms with Crippen molar-refractivity contribution in [3.05, 3.63) is 28.8 Å². The Morgan fingerprint density at radius 3 is 2.17 bits per heavy atom. The van der Waals surface area contributed by atoms with Crippen LogP contribution in [0.3, 0.4) is 0 Å². The standard InChI is InChI=1S/C18H28N2O3/c1-11(2)7-16(19-6)18(22)20-17-12(3)8-15(9-13(17)4)10-23-14(5)21/h8-9,11,16,19H,7,10H2,1-6H3,(H,20,22). The number of hydrogen-bond donors (Lipinski definition) is 2. The molecule has 0 spiro atoms. The van der Waals surface area contributed by atoms with Crippen LogP contribution in [0.2, 0.25) is 0 Å². The zero-order valence-corrected chi connectivity index (χ0v) is 14.9. The van der Waals surface area contributed by atoms with Crippen molar-refractivity contribution in [2.75, 3.05) is 12.4 Å². The average Bonchev–Trinajstić information content (AvgIpc) is 2.45. The molecule has 128 valence electrons. The van der Waals surface area contributed by atoms with E-state index in [0.29, 0.717) is 5.92 Å². The maximum absolute atomic E-state index is 12.4. The highest BCUT2D eigenvalue weighted by molar-refractivity contribution is 5.96. The van der Waals surface area contributed by atoms with Gasteiger partial charge in [-0.1, -0.05) is 26.0 Å². The Balaban J connectivity index is 2.88. The smallest absolute Gasteiger partial charge is 0.302 e. The molecule has 0 aromatic heterocycles. The number of carbonyl (C=O) groups excluding carboxylic acids is 2. The predicted octanol–water partition coefficient (Wildman–Crippen LogP) is 2.94. The molecule has 0 saturated heterocycles. The molecule has 5 heteroatoms. The van der Waals surface area contributed by atoms with Gasteiger partial charge in [0.15, 0.2) is 0 Å². The summed E-state index contributed by atoms with van der Waals surface area (Å²) in [5.74, 6) is 0.106. The van der Waals surface area contributed by atoms with E-state index in [2.05, 4.69) is 24.5 Å². The van der Waals surface area contributed by atoms with Crippen LogP contribution in [0, 0.1) is 19.8 Å². The van der Waals surface area contributed by atoms with Crippen molar-refractivity contribution in [1.29, 1.82) is 0 Å². The highest BCUT2D eigenvalue weighted by Crippen LogP contribution is 2.23. The Morgan fingerprint density at radius 2 is 1.74 bits per heavy atom. The fourth-order valence-electron chi connectivity index (χ4n) is 2.56. The highest BCUT2D eigenvalue weighted by Gasteiger charge is 2.19. The molecular weight excluding hydrogens is 292 g/mol. The van der Waals surface area contributed by atoms with Gasteiger partial charge in [-0.3, -0.25) is 9.59 Å². The first-order valence-electron chi connectivity index (χ1n) is 7.96. The molecule has 0 heterocycles. The zero-order valence-electron chi connectivity index (χ0n) is 14.9. The number of likely N-dealkylation sites (N-methyl/N-ethyl adjacent to an activating group) is 1. The van der Waals surface area contributed by atoms with Crippen LogP contribution in [0.25, 0.3) is 0 Å². The minimum absolute atomic E-state index is 0.0277. The molecule has 1 unspecified atom stereocenters. The fraction of sp³-hybridized carbons (Fsp3) is 0.556. The van der Waals surface area contributed by atoms with Crippen molar-refractivity contribution < 1.29 is 14.3 Å². The summed E-state index contributed by atoms with van der Waals surface area (Å²) in [4.78, 5) is 23.3. The van der Waals surface area contributed by atoms with Crippen LogP contribution < -0.4 is 10.6 Å². The largest absolute Gasteiger partial charge is 0.461 e. The molecule has 0 fully saturated rings. The number of benzene rings is 1. The summed E-state index contributed by atoms with van der Waals surface area (Å²) < 4.78 is 5.02. The Labute approximate surface area is 138 Å². The highest BCUT2D eigenvalue weighted by atomic mass is 16.5. The molecule has 0 aliphatic carbocycles. The monoisotopic (exact) mass is 320 g/mol. The second kappa shape index (κ2) is 8.67. The van der Waals surface area contributed by atoms with Crippen molar-refractivity contribution in [2.24, 2.45) is 5.92 Å². The molecule has 0 aliphatic heterocycles. The third-order valence-corrected chi connectivity index (χ3v) is 3.65. The number of amides is 1. The molecule has 2 N–H and O–H groups in total. The number of hydrogen-bond acceptors (Lipinski definition) is 4. The number of carbonyl (C=O) groups is 2. The van der Waals surface area contributed by atoms with Gasteiger partial charge in [-0.05, 0) is 49.9 Å². The van der Waals surface area contributed by atoms with Gasteiger partial charge < -0.3 is 15.4 Å². The van der Waals surface area contributed by atoms with Crippen molar-refractivity contribution in [2.45, 2.75) is 53.7 Å². The number of esters is 1. The lowest BCUT2D eigenvalue weighted by molar-refractivity contribution is -0.142. The summed E-state index contributed by atoms with van der Waals surface area (Å²) in [6, 6.07) is 3.65. The van der Waals surface area contributed by atoms with Gasteiger partial charge >= 0.3 is 5.97 Å². The number of rotatable bonds is 7. The Bertz CT molecular complexity index is 544. The van der Waals surface area contributed by atoms with Gasteiger partial charge in [-0.2, -0.15) is 0 Å². The maximum Gasteiger partial charge on any atom is 0.302 e. The molecular formula is C18H28N2O3. The number of nitrogens with one attached hydrogen (secondary N) is 2. The lowest BCUT2D eigenvalue weighted by Gasteiger charge is -2.20. The second-order valence-electron chi connectivity index (χ2n) is 6.34. The van der Waals surface area contributed by atoms with Crippen molar-refractivity contribution in [3.8, 4) is 0 Å². The Hall–Kier alpha value is -1.88. The minimum atomic E-state index is -0.303. The van der Waals surface area contributed by atoms with Crippen molar-refractivity contribution in [1.82, 2.24) is 5.32 Å². The van der Waals surface area contributed by atoms with Gasteiger partial charge in [-0.25, -0.2) is 0 Å². The van der Waals surface area contributed by atoms with E-state index in [1.165, 1.54) is 6.92 Å². The lowest BCUT2D eigenvalue weighted by Crippen LogP contribution is -2.39. The summed E-state index contributed by atoms with van der Waals surface area (Å²) in [6.07, 6.45) is 0.783. The van der Waals surface area contributed by atoms with E-state index in [0.717, 1.165) is 28.8 Å².